The molecule has 2 heterocycles. The Kier molecular flexibility index (Phi) is 6.37. The van der Waals surface area contributed by atoms with E-state index < -0.39 is 0 Å². The van der Waals surface area contributed by atoms with Gasteiger partial charge in [-0.25, -0.2) is 4.39 Å². The van der Waals surface area contributed by atoms with Crippen LogP contribution in [0.25, 0.3) is 0 Å². The quantitative estimate of drug-likeness (QED) is 0.773. The molecule has 0 aliphatic carbocycles. The third-order valence-electron chi connectivity index (χ3n) is 5.40. The van der Waals surface area contributed by atoms with Crippen molar-refractivity contribution in [1.82, 2.24) is 14.4 Å². The summed E-state index contributed by atoms with van der Waals surface area (Å²) >= 11 is 0. The van der Waals surface area contributed by atoms with Gasteiger partial charge in [0.05, 0.1) is 0 Å². The normalized spacial score (nSPS) is 15.7. The van der Waals surface area contributed by atoms with E-state index in [1.807, 2.05) is 38.9 Å². The summed E-state index contributed by atoms with van der Waals surface area (Å²) in [6.07, 6.45) is 1.77. The molecule has 29 heavy (non-hydrogen) atoms. The minimum atomic E-state index is -0.262. The summed E-state index contributed by atoms with van der Waals surface area (Å²) in [5, 5.41) is 0. The molecule has 1 unspecified atom stereocenters. The highest BCUT2D eigenvalue weighted by molar-refractivity contribution is 5.95. The van der Waals surface area contributed by atoms with Crippen LogP contribution < -0.4 is 10.5 Å². The van der Waals surface area contributed by atoms with Crippen molar-refractivity contribution in [2.75, 3.05) is 51.7 Å². The molecule has 1 aromatic carbocycles. The van der Waals surface area contributed by atoms with Crippen molar-refractivity contribution in [3.63, 3.8) is 0 Å². The predicted molar refractivity (Wildman–Crippen MR) is 113 cm³/mol. The van der Waals surface area contributed by atoms with E-state index in [1.54, 1.807) is 27.8 Å². The van der Waals surface area contributed by atoms with Crippen molar-refractivity contribution in [2.45, 2.75) is 19.9 Å². The molecular formula is C22H29FN4O2. The van der Waals surface area contributed by atoms with Crippen LogP contribution >= 0.6 is 0 Å². The van der Waals surface area contributed by atoms with Gasteiger partial charge in [-0.2, -0.15) is 0 Å². The van der Waals surface area contributed by atoms with Crippen LogP contribution in [-0.2, 0) is 0 Å². The molecule has 1 amide bonds. The number of amides is 1. The lowest BCUT2D eigenvalue weighted by Gasteiger charge is -2.36. The van der Waals surface area contributed by atoms with Crippen LogP contribution in [0, 0.1) is 12.7 Å². The van der Waals surface area contributed by atoms with Crippen LogP contribution in [0.2, 0.25) is 0 Å². The summed E-state index contributed by atoms with van der Waals surface area (Å²) in [7, 11) is 3.92. The Balaban J connectivity index is 1.75. The Bertz CT molecular complexity index is 915. The van der Waals surface area contributed by atoms with Crippen LogP contribution in [0.3, 0.4) is 0 Å². The molecule has 156 valence electrons. The van der Waals surface area contributed by atoms with Crippen LogP contribution in [0.4, 0.5) is 10.1 Å². The van der Waals surface area contributed by atoms with Gasteiger partial charge in [-0.15, -0.1) is 0 Å². The highest BCUT2D eigenvalue weighted by Crippen LogP contribution is 2.18. The SMILES string of the molecule is Cc1ccn(C(C)CN(C)C)c(=O)c1C(=O)N1CCN(c2ccc(F)cc2)CC1. The van der Waals surface area contributed by atoms with Gasteiger partial charge in [0.15, 0.2) is 0 Å². The maximum Gasteiger partial charge on any atom is 0.263 e. The number of carbonyl (C=O) groups excluding carboxylic acids is 1. The number of rotatable bonds is 5. The smallest absolute Gasteiger partial charge is 0.263 e. The molecule has 0 saturated carbocycles. The first-order valence-corrected chi connectivity index (χ1v) is 9.94. The van der Waals surface area contributed by atoms with Crippen molar-refractivity contribution >= 4 is 11.6 Å². The molecule has 3 rings (SSSR count). The zero-order valence-electron chi connectivity index (χ0n) is 17.6. The summed E-state index contributed by atoms with van der Waals surface area (Å²) < 4.78 is 14.8. The number of nitrogens with zero attached hydrogens (tertiary/aromatic N) is 4. The van der Waals surface area contributed by atoms with Gasteiger partial charge < -0.3 is 19.3 Å². The first-order chi connectivity index (χ1) is 13.8. The van der Waals surface area contributed by atoms with Crippen LogP contribution in [0.1, 0.15) is 28.9 Å². The van der Waals surface area contributed by atoms with E-state index in [4.69, 9.17) is 0 Å². The summed E-state index contributed by atoms with van der Waals surface area (Å²) in [6.45, 7) is 6.85. The Labute approximate surface area is 171 Å². The largest absolute Gasteiger partial charge is 0.368 e. The second-order valence-corrected chi connectivity index (χ2v) is 7.95. The van der Waals surface area contributed by atoms with Crippen LogP contribution in [0.5, 0.6) is 0 Å². The number of piperazine rings is 1. The monoisotopic (exact) mass is 400 g/mol. The van der Waals surface area contributed by atoms with E-state index in [9.17, 15) is 14.0 Å². The third-order valence-corrected chi connectivity index (χ3v) is 5.40. The molecule has 7 heteroatoms. The molecule has 2 aromatic rings. The minimum absolute atomic E-state index is 0.0278. The van der Waals surface area contributed by atoms with Crippen molar-refractivity contribution in [1.29, 1.82) is 0 Å². The topological polar surface area (TPSA) is 48.8 Å². The standard InChI is InChI=1S/C22H29FN4O2/c1-16-9-10-27(17(2)15-24(3)4)22(29)20(16)21(28)26-13-11-25(12-14-26)19-7-5-18(23)6-8-19/h5-10,17H,11-15H2,1-4H3. The second kappa shape index (κ2) is 8.78. The lowest BCUT2D eigenvalue weighted by Crippen LogP contribution is -2.50. The number of aryl methyl sites for hydroxylation is 1. The van der Waals surface area contributed by atoms with E-state index in [0.717, 1.165) is 5.69 Å². The van der Waals surface area contributed by atoms with E-state index in [2.05, 4.69) is 4.90 Å². The second-order valence-electron chi connectivity index (χ2n) is 7.95. The Hall–Kier alpha value is -2.67. The maximum absolute atomic E-state index is 13.2. The predicted octanol–water partition coefficient (Wildman–Crippen LogP) is 2.38. The highest BCUT2D eigenvalue weighted by Gasteiger charge is 2.26. The molecule has 0 spiro atoms. The Morgan fingerprint density at radius 2 is 1.72 bits per heavy atom. The fraction of sp³-hybridized carbons (Fsp3) is 0.455. The molecule has 1 aliphatic rings. The minimum Gasteiger partial charge on any atom is -0.368 e. The van der Waals surface area contributed by atoms with Crippen LogP contribution in [0.15, 0.2) is 41.3 Å². The van der Waals surface area contributed by atoms with Gasteiger partial charge in [0.25, 0.3) is 11.5 Å². The van der Waals surface area contributed by atoms with Gasteiger partial charge in [-0.1, -0.05) is 0 Å². The van der Waals surface area contributed by atoms with E-state index in [-0.39, 0.29) is 28.9 Å². The number of anilines is 1. The average molecular weight is 400 g/mol. The van der Waals surface area contributed by atoms with Crippen molar-refractivity contribution < 1.29 is 9.18 Å². The van der Waals surface area contributed by atoms with Gasteiger partial charge >= 0.3 is 0 Å². The van der Waals surface area contributed by atoms with Crippen LogP contribution in [-0.4, -0.2) is 67.1 Å². The summed E-state index contributed by atoms with van der Waals surface area (Å²) in [4.78, 5) is 32.1. The molecule has 1 atom stereocenters. The van der Waals surface area contributed by atoms with Crippen molar-refractivity contribution in [3.05, 3.63) is 63.8 Å². The Morgan fingerprint density at radius 3 is 2.31 bits per heavy atom. The van der Waals surface area contributed by atoms with E-state index in [0.29, 0.717) is 38.3 Å². The highest BCUT2D eigenvalue weighted by atomic mass is 19.1. The average Bonchev–Trinajstić information content (AvgIpc) is 2.68. The van der Waals surface area contributed by atoms with Gasteiger partial charge in [-0.3, -0.25) is 9.59 Å². The fourth-order valence-electron chi connectivity index (χ4n) is 3.84. The first-order valence-electron chi connectivity index (χ1n) is 9.94. The number of pyridine rings is 1. The summed E-state index contributed by atoms with van der Waals surface area (Å²) in [5.74, 6) is -0.473. The lowest BCUT2D eigenvalue weighted by atomic mass is 10.1. The fourth-order valence-corrected chi connectivity index (χ4v) is 3.84. The number of halogens is 1. The van der Waals surface area contributed by atoms with Gasteiger partial charge in [0.1, 0.15) is 11.4 Å². The molecule has 0 N–H and O–H groups in total. The number of benzene rings is 1. The van der Waals surface area contributed by atoms with Gasteiger partial charge in [0.2, 0.25) is 0 Å². The number of likely N-dealkylation sites (N-methyl/N-ethyl adjacent to an activating group) is 1. The molecule has 6 nitrogen and oxygen atoms in total. The maximum atomic E-state index is 13.2. The third kappa shape index (κ3) is 4.67. The molecule has 1 aliphatic heterocycles. The summed E-state index contributed by atoms with van der Waals surface area (Å²) in [6, 6.07) is 8.20. The van der Waals surface area contributed by atoms with Crippen molar-refractivity contribution in [2.24, 2.45) is 0 Å². The van der Waals surface area contributed by atoms with E-state index in [1.165, 1.54) is 12.1 Å². The first kappa shape index (κ1) is 21.0. The number of aromatic nitrogens is 1. The lowest BCUT2D eigenvalue weighted by molar-refractivity contribution is 0.0743. The van der Waals surface area contributed by atoms with E-state index >= 15 is 0 Å². The molecule has 0 radical (unpaired) electrons. The van der Waals surface area contributed by atoms with Crippen molar-refractivity contribution in [3.8, 4) is 0 Å². The molecule has 1 saturated heterocycles. The summed E-state index contributed by atoms with van der Waals surface area (Å²) in [5.41, 5.74) is 1.67. The molecular weight excluding hydrogens is 371 g/mol. The van der Waals surface area contributed by atoms with Gasteiger partial charge in [0, 0.05) is 50.6 Å². The van der Waals surface area contributed by atoms with Gasteiger partial charge in [-0.05, 0) is 63.8 Å². The zero-order valence-corrected chi connectivity index (χ0v) is 17.6. The number of hydrogen-bond acceptors (Lipinski definition) is 4. The zero-order chi connectivity index (χ0) is 21.1. The molecule has 1 aromatic heterocycles. The molecule has 1 fully saturated rings. The molecule has 0 bridgehead atoms. The number of hydrogen-bond donors (Lipinski definition) is 0. The number of carbonyl (C=O) groups is 1. The Morgan fingerprint density at radius 1 is 1.10 bits per heavy atom.